The topological polar surface area (TPSA) is 54.4 Å². The first-order valence-corrected chi connectivity index (χ1v) is 10.2. The third-order valence-electron chi connectivity index (χ3n) is 2.84. The minimum atomic E-state index is -4.91. The van der Waals surface area contributed by atoms with E-state index in [9.17, 15) is 21.6 Å². The van der Waals surface area contributed by atoms with Crippen molar-refractivity contribution < 1.29 is 47.3 Å². The van der Waals surface area contributed by atoms with Gasteiger partial charge in [0.2, 0.25) is 7.14 Å². The molecular formula is C15H13F3IO3S+. The van der Waals surface area contributed by atoms with Gasteiger partial charge in [-0.3, -0.25) is 4.55 Å². The Labute approximate surface area is 142 Å². The second-order valence-electron chi connectivity index (χ2n) is 4.90. The molecule has 1 heterocycles. The van der Waals surface area contributed by atoms with Crippen LogP contribution in [0.5, 0.6) is 0 Å². The second-order valence-corrected chi connectivity index (χ2v) is 9.22. The van der Waals surface area contributed by atoms with Crippen LogP contribution in [0.15, 0.2) is 42.5 Å². The van der Waals surface area contributed by atoms with E-state index < -0.39 is 22.0 Å². The highest BCUT2D eigenvalue weighted by molar-refractivity contribution is 7.85. The number of halogens is 4. The van der Waals surface area contributed by atoms with Crippen LogP contribution in [0.1, 0.15) is 5.56 Å². The first kappa shape index (κ1) is 18.2. The monoisotopic (exact) mass is 457 g/mol. The predicted octanol–water partition coefficient (Wildman–Crippen LogP) is 0.540. The summed E-state index contributed by atoms with van der Waals surface area (Å²) in [6, 6.07) is 15.7. The van der Waals surface area contributed by atoms with Crippen molar-refractivity contribution in [1.29, 1.82) is 0 Å². The molecule has 0 radical (unpaired) electrons. The van der Waals surface area contributed by atoms with Gasteiger partial charge in [0.15, 0.2) is 5.75 Å². The molecule has 0 aliphatic carbocycles. The molecule has 0 bridgehead atoms. The molecule has 23 heavy (non-hydrogen) atoms. The van der Waals surface area contributed by atoms with Gasteiger partial charge in [-0.1, -0.05) is 23.8 Å². The molecule has 0 aromatic heterocycles. The molecule has 8 heteroatoms. The second kappa shape index (κ2) is 6.78. The Morgan fingerprint density at radius 1 is 1.04 bits per heavy atom. The molecule has 2 aromatic carbocycles. The van der Waals surface area contributed by atoms with Crippen molar-refractivity contribution in [3.8, 4) is 11.1 Å². The molecule has 0 unspecified atom stereocenters. The quantitative estimate of drug-likeness (QED) is 0.429. The molecule has 1 aliphatic rings. The Bertz CT molecular complexity index is 817. The number of hydrogen-bond acceptors (Lipinski definition) is 2. The maximum atomic E-state index is 11.0. The minimum absolute atomic E-state index is 0.0900. The molecule has 0 atom stereocenters. The molecule has 1 aliphatic heterocycles. The molecule has 2 aromatic rings. The summed E-state index contributed by atoms with van der Waals surface area (Å²) in [6.45, 7) is 2.17. The average Bonchev–Trinajstić information content (AvgIpc) is 2.73. The lowest BCUT2D eigenvalue weighted by molar-refractivity contribution is -0.589. The molecular weight excluding hydrogens is 444 g/mol. The van der Waals surface area contributed by atoms with E-state index in [1.54, 1.807) is 7.14 Å². The van der Waals surface area contributed by atoms with E-state index in [1.807, 2.05) is 0 Å². The van der Waals surface area contributed by atoms with Gasteiger partial charge in [-0.25, -0.2) is 0 Å². The highest BCUT2D eigenvalue weighted by Crippen LogP contribution is 2.22. The van der Waals surface area contributed by atoms with Crippen molar-refractivity contribution in [2.75, 3.05) is 5.75 Å². The fraction of sp³-hybridized carbons (Fsp3) is 0.200. The summed E-state index contributed by atoms with van der Waals surface area (Å²) in [5.74, 6) is -2.18. The fourth-order valence-corrected chi connectivity index (χ4v) is 5.29. The van der Waals surface area contributed by atoms with Gasteiger partial charge in [0.1, 0.15) is 0 Å². The zero-order valence-electron chi connectivity index (χ0n) is 11.9. The molecule has 0 saturated heterocycles. The maximum Gasteiger partial charge on any atom is 0.405 e. The lowest BCUT2D eigenvalue weighted by Gasteiger charge is -2.00. The maximum absolute atomic E-state index is 11.0. The van der Waals surface area contributed by atoms with Gasteiger partial charge in [0, 0.05) is 11.1 Å². The molecule has 0 fully saturated rings. The summed E-state index contributed by atoms with van der Waals surface area (Å²) >= 11 is 0.0900. The van der Waals surface area contributed by atoms with E-state index in [2.05, 4.69) is 49.4 Å². The van der Waals surface area contributed by atoms with E-state index in [0.717, 1.165) is 0 Å². The highest BCUT2D eigenvalue weighted by Gasteiger charge is 2.34. The highest BCUT2D eigenvalue weighted by atomic mass is 127. The van der Waals surface area contributed by atoms with Crippen molar-refractivity contribution in [1.82, 2.24) is 0 Å². The largest absolute Gasteiger partial charge is 0.405 e. The van der Waals surface area contributed by atoms with Gasteiger partial charge in [-0.15, -0.1) is 0 Å². The van der Waals surface area contributed by atoms with Crippen molar-refractivity contribution in [3.05, 3.63) is 55.2 Å². The molecule has 0 spiro atoms. The van der Waals surface area contributed by atoms with Crippen LogP contribution < -0.4 is 21.2 Å². The number of rotatable bonds is 1. The summed E-state index contributed by atoms with van der Waals surface area (Å²) in [6.07, 6.45) is -4.85. The summed E-state index contributed by atoms with van der Waals surface area (Å²) in [5.41, 5.74) is 4.32. The fourth-order valence-electron chi connectivity index (χ4n) is 2.01. The van der Waals surface area contributed by atoms with E-state index in [4.69, 9.17) is 4.55 Å². The van der Waals surface area contributed by atoms with Gasteiger partial charge in [0.25, 0.3) is 10.1 Å². The zero-order valence-corrected chi connectivity index (χ0v) is 14.9. The zero-order chi connectivity index (χ0) is 17.3. The third kappa shape index (κ3) is 5.47. The van der Waals surface area contributed by atoms with Crippen molar-refractivity contribution in [2.45, 2.75) is 13.1 Å². The van der Waals surface area contributed by atoms with E-state index in [0.29, 0.717) is 0 Å². The number of aryl methyl sites for hydroxylation is 1. The Kier molecular flexibility index (Phi) is 5.37. The lowest BCUT2D eigenvalue weighted by Crippen LogP contribution is -3.61. The van der Waals surface area contributed by atoms with Crippen LogP contribution in [0.3, 0.4) is 0 Å². The van der Waals surface area contributed by atoms with Crippen molar-refractivity contribution >= 4 is 10.1 Å². The van der Waals surface area contributed by atoms with Crippen LogP contribution in [0, 0.1) is 14.1 Å². The first-order chi connectivity index (χ1) is 10.6. The van der Waals surface area contributed by atoms with Gasteiger partial charge in [-0.05, 0) is 31.2 Å². The predicted molar refractivity (Wildman–Crippen MR) is 76.5 cm³/mol. The third-order valence-corrected chi connectivity index (χ3v) is 6.57. The minimum Gasteiger partial charge on any atom is -0.285 e. The van der Waals surface area contributed by atoms with Crippen molar-refractivity contribution in [2.24, 2.45) is 0 Å². The molecule has 0 saturated carbocycles. The van der Waals surface area contributed by atoms with Gasteiger partial charge < -0.3 is 0 Å². The Morgan fingerprint density at radius 3 is 2.22 bits per heavy atom. The average molecular weight is 457 g/mol. The van der Waals surface area contributed by atoms with Crippen LogP contribution in [0.25, 0.3) is 11.1 Å². The number of hydrogen-bond donors (Lipinski definition) is 1. The first-order valence-electron chi connectivity index (χ1n) is 6.42. The Balaban J connectivity index is 0.000000188. The Hall–Kier alpha value is -1.13. The summed E-state index contributed by atoms with van der Waals surface area (Å²) in [5, 5.41) is 0. The van der Waals surface area contributed by atoms with E-state index in [1.165, 1.54) is 16.7 Å². The van der Waals surface area contributed by atoms with Gasteiger partial charge >= 0.3 is 27.4 Å². The van der Waals surface area contributed by atoms with Crippen LogP contribution in [-0.4, -0.2) is 24.9 Å². The molecule has 1 N–H and O–H groups in total. The SMILES string of the molecule is Cc1ccc2c(c1)-c1ccccc1[I+]2.O=S(=O)(O)CC(F)(F)F. The van der Waals surface area contributed by atoms with Gasteiger partial charge in [0.05, 0.1) is 0 Å². The standard InChI is InChI=1S/C13H10I.C2H3F3O3S/c1-9-6-7-13-11(8-9)10-4-2-3-5-12(10)14-13;3-2(4,5)1-9(6,7)8/h2-8H,1H3;1H2,(H,6,7,8)/q+1;. The molecule has 124 valence electrons. The van der Waals surface area contributed by atoms with Gasteiger partial charge in [-0.2, -0.15) is 21.6 Å². The normalized spacial score (nSPS) is 12.9. The number of alkyl halides is 3. The molecule has 0 amide bonds. The summed E-state index contributed by atoms with van der Waals surface area (Å²) in [4.78, 5) is 0. The number of benzene rings is 2. The smallest absolute Gasteiger partial charge is 0.285 e. The number of fused-ring (bicyclic) bond motifs is 3. The summed E-state index contributed by atoms with van der Waals surface area (Å²) < 4.78 is 62.8. The lowest BCUT2D eigenvalue weighted by atomic mass is 10.0. The van der Waals surface area contributed by atoms with E-state index in [-0.39, 0.29) is 21.2 Å². The molecule has 3 rings (SSSR count). The van der Waals surface area contributed by atoms with Crippen LogP contribution in [-0.2, 0) is 10.1 Å². The summed E-state index contributed by atoms with van der Waals surface area (Å²) in [7, 11) is -4.91. The van der Waals surface area contributed by atoms with Crippen molar-refractivity contribution in [3.63, 3.8) is 0 Å². The van der Waals surface area contributed by atoms with Crippen LogP contribution in [0.4, 0.5) is 13.2 Å². The Morgan fingerprint density at radius 2 is 1.65 bits per heavy atom. The van der Waals surface area contributed by atoms with Crippen LogP contribution >= 0.6 is 0 Å². The molecule has 3 nitrogen and oxygen atoms in total. The van der Waals surface area contributed by atoms with Crippen LogP contribution in [0.2, 0.25) is 0 Å². The van der Waals surface area contributed by atoms with E-state index >= 15 is 0 Å².